The first-order chi connectivity index (χ1) is 9.94. The van der Waals surface area contributed by atoms with Crippen LogP contribution in [0, 0.1) is 5.92 Å². The van der Waals surface area contributed by atoms with Crippen LogP contribution in [-0.4, -0.2) is 37.2 Å². The number of carboxylic acid groups (broad SMARTS) is 1. The molecule has 0 aliphatic carbocycles. The maximum atomic E-state index is 12.3. The smallest absolute Gasteiger partial charge is 0.326 e. The van der Waals surface area contributed by atoms with Gasteiger partial charge >= 0.3 is 5.97 Å². The van der Waals surface area contributed by atoms with E-state index < -0.39 is 17.9 Å². The molecule has 2 atom stereocenters. The second-order valence-corrected chi connectivity index (χ2v) is 4.74. The number of hydrogen-bond donors (Lipinski definition) is 2. The van der Waals surface area contributed by atoms with Crippen molar-refractivity contribution in [1.29, 1.82) is 0 Å². The van der Waals surface area contributed by atoms with Gasteiger partial charge in [0.25, 0.3) is 5.91 Å². The zero-order chi connectivity index (χ0) is 16.0. The normalized spacial score (nSPS) is 13.1. The maximum Gasteiger partial charge on any atom is 0.326 e. The van der Waals surface area contributed by atoms with Crippen LogP contribution >= 0.6 is 0 Å². The first kappa shape index (κ1) is 16.8. The Kier molecular flexibility index (Phi) is 6.02. The number of methoxy groups -OCH3 is 2. The monoisotopic (exact) mass is 295 g/mol. The van der Waals surface area contributed by atoms with Gasteiger partial charge in [0.15, 0.2) is 0 Å². The van der Waals surface area contributed by atoms with Crippen LogP contribution in [0.1, 0.15) is 30.6 Å². The van der Waals surface area contributed by atoms with Crippen molar-refractivity contribution in [2.75, 3.05) is 14.2 Å². The van der Waals surface area contributed by atoms with E-state index >= 15 is 0 Å². The van der Waals surface area contributed by atoms with Crippen molar-refractivity contribution in [3.63, 3.8) is 0 Å². The highest BCUT2D eigenvalue weighted by atomic mass is 16.5. The van der Waals surface area contributed by atoms with Gasteiger partial charge in [-0.1, -0.05) is 20.3 Å². The Morgan fingerprint density at radius 2 is 1.95 bits per heavy atom. The van der Waals surface area contributed by atoms with E-state index in [1.807, 2.05) is 6.92 Å². The lowest BCUT2D eigenvalue weighted by Gasteiger charge is -2.20. The van der Waals surface area contributed by atoms with Gasteiger partial charge in [-0.3, -0.25) is 4.79 Å². The molecule has 1 aromatic carbocycles. The molecule has 21 heavy (non-hydrogen) atoms. The van der Waals surface area contributed by atoms with Crippen LogP contribution < -0.4 is 14.8 Å². The van der Waals surface area contributed by atoms with Gasteiger partial charge in [0.05, 0.1) is 19.8 Å². The highest BCUT2D eigenvalue weighted by Gasteiger charge is 2.27. The second-order valence-electron chi connectivity index (χ2n) is 4.74. The molecular weight excluding hydrogens is 274 g/mol. The van der Waals surface area contributed by atoms with Crippen LogP contribution in [0.25, 0.3) is 0 Å². The third-order valence-electron chi connectivity index (χ3n) is 3.42. The van der Waals surface area contributed by atoms with E-state index in [0.717, 1.165) is 0 Å². The molecule has 2 unspecified atom stereocenters. The summed E-state index contributed by atoms with van der Waals surface area (Å²) in [5.41, 5.74) is 0.242. The molecule has 0 heterocycles. The molecule has 6 heteroatoms. The Morgan fingerprint density at radius 1 is 1.29 bits per heavy atom. The Hall–Kier alpha value is -2.24. The van der Waals surface area contributed by atoms with Gasteiger partial charge in [-0.05, 0) is 24.1 Å². The van der Waals surface area contributed by atoms with Crippen LogP contribution in [0.4, 0.5) is 0 Å². The van der Waals surface area contributed by atoms with Crippen molar-refractivity contribution in [2.45, 2.75) is 26.3 Å². The van der Waals surface area contributed by atoms with Crippen molar-refractivity contribution >= 4 is 11.9 Å². The van der Waals surface area contributed by atoms with Crippen molar-refractivity contribution in [1.82, 2.24) is 5.32 Å². The van der Waals surface area contributed by atoms with Crippen molar-refractivity contribution in [3.05, 3.63) is 23.8 Å². The summed E-state index contributed by atoms with van der Waals surface area (Å²) in [7, 11) is 2.94. The molecule has 0 spiro atoms. The van der Waals surface area contributed by atoms with Crippen molar-refractivity contribution in [3.8, 4) is 11.5 Å². The lowest BCUT2D eigenvalue weighted by Crippen LogP contribution is -2.45. The average molecular weight is 295 g/mol. The van der Waals surface area contributed by atoms with E-state index in [4.69, 9.17) is 9.47 Å². The highest BCUT2D eigenvalue weighted by Crippen LogP contribution is 2.24. The Morgan fingerprint density at radius 3 is 2.43 bits per heavy atom. The molecule has 0 aliphatic rings. The Balaban J connectivity index is 3.04. The van der Waals surface area contributed by atoms with Crippen molar-refractivity contribution in [2.24, 2.45) is 5.92 Å². The summed E-state index contributed by atoms with van der Waals surface area (Å²) in [6.45, 7) is 3.65. The third kappa shape index (κ3) is 4.11. The minimum atomic E-state index is -1.06. The second kappa shape index (κ2) is 7.52. The summed E-state index contributed by atoms with van der Waals surface area (Å²) in [5, 5.41) is 11.8. The number of ether oxygens (including phenoxy) is 2. The standard InChI is InChI=1S/C15H21NO5/c1-5-9(2)13(15(18)19)16-14(17)11-8-10(20-3)6-7-12(11)21-4/h6-9,13H,5H2,1-4H3,(H,16,17)(H,18,19). The van der Waals surface area contributed by atoms with E-state index in [2.05, 4.69) is 5.32 Å². The molecule has 0 fully saturated rings. The number of nitrogens with one attached hydrogen (secondary N) is 1. The number of carbonyl (C=O) groups excluding carboxylic acids is 1. The zero-order valence-corrected chi connectivity index (χ0v) is 12.7. The van der Waals surface area contributed by atoms with Crippen molar-refractivity contribution < 1.29 is 24.2 Å². The first-order valence-electron chi connectivity index (χ1n) is 6.70. The molecule has 0 saturated heterocycles. The van der Waals surface area contributed by atoms with Crippen LogP contribution in [0.15, 0.2) is 18.2 Å². The van der Waals surface area contributed by atoms with Gasteiger partial charge < -0.3 is 19.9 Å². The van der Waals surface area contributed by atoms with E-state index in [1.165, 1.54) is 20.3 Å². The van der Waals surface area contributed by atoms with Gasteiger partial charge in [0.1, 0.15) is 17.5 Å². The third-order valence-corrected chi connectivity index (χ3v) is 3.42. The molecule has 1 amide bonds. The van der Waals surface area contributed by atoms with E-state index in [-0.39, 0.29) is 11.5 Å². The predicted molar refractivity (Wildman–Crippen MR) is 77.9 cm³/mol. The summed E-state index contributed by atoms with van der Waals surface area (Å²) in [6, 6.07) is 3.84. The Bertz CT molecular complexity index is 515. The molecule has 0 aliphatic heterocycles. The minimum absolute atomic E-state index is 0.178. The SMILES string of the molecule is CCC(C)C(NC(=O)c1cc(OC)ccc1OC)C(=O)O. The number of hydrogen-bond acceptors (Lipinski definition) is 4. The topological polar surface area (TPSA) is 84.9 Å². The molecule has 0 radical (unpaired) electrons. The summed E-state index contributed by atoms with van der Waals surface area (Å²) < 4.78 is 10.2. The fraction of sp³-hybridized carbons (Fsp3) is 0.467. The fourth-order valence-electron chi connectivity index (χ4n) is 1.89. The zero-order valence-electron chi connectivity index (χ0n) is 12.7. The van der Waals surface area contributed by atoms with Crippen LogP contribution in [-0.2, 0) is 4.79 Å². The van der Waals surface area contributed by atoms with Gasteiger partial charge in [-0.2, -0.15) is 0 Å². The molecule has 1 rings (SSSR count). The molecule has 2 N–H and O–H groups in total. The van der Waals surface area contributed by atoms with Crippen LogP contribution in [0.5, 0.6) is 11.5 Å². The molecule has 6 nitrogen and oxygen atoms in total. The molecule has 0 aromatic heterocycles. The summed E-state index contributed by atoms with van der Waals surface area (Å²) in [5.74, 6) is -0.876. The van der Waals surface area contributed by atoms with Gasteiger partial charge in [-0.25, -0.2) is 4.79 Å². The van der Waals surface area contributed by atoms with Crippen LogP contribution in [0.3, 0.4) is 0 Å². The number of rotatable bonds is 7. The average Bonchev–Trinajstić information content (AvgIpc) is 2.50. The summed E-state index contributed by atoms with van der Waals surface area (Å²) in [6.07, 6.45) is 0.645. The predicted octanol–water partition coefficient (Wildman–Crippen LogP) is 1.93. The number of amides is 1. The molecule has 0 bridgehead atoms. The Labute approximate surface area is 124 Å². The fourth-order valence-corrected chi connectivity index (χ4v) is 1.89. The number of carbonyl (C=O) groups is 2. The van der Waals surface area contributed by atoms with E-state index in [1.54, 1.807) is 19.1 Å². The largest absolute Gasteiger partial charge is 0.497 e. The molecule has 1 aromatic rings. The highest BCUT2D eigenvalue weighted by molar-refractivity contribution is 5.99. The first-order valence-corrected chi connectivity index (χ1v) is 6.70. The summed E-state index contributed by atoms with van der Waals surface area (Å²) in [4.78, 5) is 23.6. The van der Waals surface area contributed by atoms with E-state index in [0.29, 0.717) is 17.9 Å². The quantitative estimate of drug-likeness (QED) is 0.803. The molecule has 116 valence electrons. The lowest BCUT2D eigenvalue weighted by atomic mass is 9.99. The maximum absolute atomic E-state index is 12.3. The molecule has 0 saturated carbocycles. The lowest BCUT2D eigenvalue weighted by molar-refractivity contribution is -0.140. The minimum Gasteiger partial charge on any atom is -0.497 e. The van der Waals surface area contributed by atoms with E-state index in [9.17, 15) is 14.7 Å². The number of benzene rings is 1. The van der Waals surface area contributed by atoms with Gasteiger partial charge in [-0.15, -0.1) is 0 Å². The van der Waals surface area contributed by atoms with Crippen LogP contribution in [0.2, 0.25) is 0 Å². The summed E-state index contributed by atoms with van der Waals surface area (Å²) >= 11 is 0. The van der Waals surface area contributed by atoms with Gasteiger partial charge in [0.2, 0.25) is 0 Å². The number of aliphatic carboxylic acids is 1. The molecular formula is C15H21NO5. The number of carboxylic acids is 1. The van der Waals surface area contributed by atoms with Gasteiger partial charge in [0, 0.05) is 0 Å².